The summed E-state index contributed by atoms with van der Waals surface area (Å²) >= 11 is 0.908. The van der Waals surface area contributed by atoms with Crippen molar-refractivity contribution in [1.29, 1.82) is 0 Å². The highest BCUT2D eigenvalue weighted by Gasteiger charge is 2.36. The number of aromatic nitrogens is 2. The molecule has 0 bridgehead atoms. The molecule has 0 spiro atoms. The van der Waals surface area contributed by atoms with Gasteiger partial charge < -0.3 is 0 Å². The summed E-state index contributed by atoms with van der Waals surface area (Å²) in [6, 6.07) is 14.3. The van der Waals surface area contributed by atoms with Gasteiger partial charge >= 0.3 is 0 Å². The van der Waals surface area contributed by atoms with Crippen LogP contribution in [-0.4, -0.2) is 47.8 Å². The third-order valence-corrected chi connectivity index (χ3v) is 6.97. The van der Waals surface area contributed by atoms with Gasteiger partial charge in [0.05, 0.1) is 16.0 Å². The number of carbonyl (C=O) groups is 3. The molecule has 1 aliphatic rings. The Morgan fingerprint density at radius 3 is 2.17 bits per heavy atom. The number of nitrogens with zero attached hydrogens (tertiary/aromatic N) is 3. The van der Waals surface area contributed by atoms with Gasteiger partial charge in [0, 0.05) is 0 Å². The van der Waals surface area contributed by atoms with Gasteiger partial charge in [0.25, 0.3) is 11.8 Å². The number of nitrogens with one attached hydrogen (secondary N) is 1. The van der Waals surface area contributed by atoms with Crippen molar-refractivity contribution in [2.45, 2.75) is 10.6 Å². The Hall–Kier alpha value is -3.44. The Labute approximate surface area is 175 Å². The molecule has 3 amide bonds. The first-order valence-corrected chi connectivity index (χ1v) is 11.2. The Balaban J connectivity index is 1.40. The van der Waals surface area contributed by atoms with Gasteiger partial charge in [-0.25, -0.2) is 8.42 Å². The first-order valence-electron chi connectivity index (χ1n) is 8.70. The van der Waals surface area contributed by atoms with Crippen LogP contribution in [0.25, 0.3) is 0 Å². The van der Waals surface area contributed by atoms with Crippen LogP contribution in [0.1, 0.15) is 25.7 Å². The molecule has 0 unspecified atom stereocenters. The summed E-state index contributed by atoms with van der Waals surface area (Å²) in [5, 5.41) is 10.3. The van der Waals surface area contributed by atoms with Crippen LogP contribution in [0.15, 0.2) is 59.5 Å². The molecule has 3 aromatic rings. The summed E-state index contributed by atoms with van der Waals surface area (Å²) in [4.78, 5) is 37.9. The van der Waals surface area contributed by atoms with E-state index >= 15 is 0 Å². The minimum Gasteiger partial charge on any atom is -0.299 e. The Morgan fingerprint density at radius 1 is 0.933 bits per heavy atom. The fourth-order valence-electron chi connectivity index (χ4n) is 2.92. The number of hydrogen-bond acceptors (Lipinski definition) is 8. The number of rotatable bonds is 6. The van der Waals surface area contributed by atoms with Crippen molar-refractivity contribution in [3.63, 3.8) is 0 Å². The Morgan fingerprint density at radius 2 is 1.53 bits per heavy atom. The van der Waals surface area contributed by atoms with Gasteiger partial charge in [0.15, 0.2) is 9.84 Å². The van der Waals surface area contributed by atoms with Crippen LogP contribution in [0.2, 0.25) is 0 Å². The first-order chi connectivity index (χ1) is 14.3. The predicted molar refractivity (Wildman–Crippen MR) is 108 cm³/mol. The van der Waals surface area contributed by atoms with E-state index in [4.69, 9.17) is 0 Å². The van der Waals surface area contributed by atoms with Crippen molar-refractivity contribution in [1.82, 2.24) is 15.1 Å². The molecule has 0 saturated heterocycles. The number of hydrogen-bond donors (Lipinski definition) is 1. The molecule has 0 atom stereocenters. The van der Waals surface area contributed by atoms with E-state index in [1.165, 1.54) is 24.3 Å². The lowest BCUT2D eigenvalue weighted by atomic mass is 10.1. The van der Waals surface area contributed by atoms with Crippen molar-refractivity contribution >= 4 is 44.0 Å². The van der Waals surface area contributed by atoms with Crippen molar-refractivity contribution in [3.05, 3.63) is 70.7 Å². The molecule has 1 aliphatic heterocycles. The second kappa shape index (κ2) is 7.76. The molecular weight excluding hydrogens is 428 g/mol. The van der Waals surface area contributed by atoms with Crippen molar-refractivity contribution in [3.8, 4) is 0 Å². The van der Waals surface area contributed by atoms with E-state index in [1.807, 2.05) is 0 Å². The van der Waals surface area contributed by atoms with E-state index in [1.54, 1.807) is 30.3 Å². The van der Waals surface area contributed by atoms with Crippen LogP contribution in [0, 0.1) is 0 Å². The third-order valence-electron chi connectivity index (χ3n) is 4.31. The lowest BCUT2D eigenvalue weighted by molar-refractivity contribution is -0.116. The van der Waals surface area contributed by atoms with Gasteiger partial charge in [-0.15, -0.1) is 10.2 Å². The third kappa shape index (κ3) is 3.84. The molecule has 0 saturated carbocycles. The van der Waals surface area contributed by atoms with Crippen LogP contribution < -0.4 is 5.32 Å². The highest BCUT2D eigenvalue weighted by molar-refractivity contribution is 7.90. The predicted octanol–water partition coefficient (Wildman–Crippen LogP) is 1.75. The highest BCUT2D eigenvalue weighted by Crippen LogP contribution is 2.23. The van der Waals surface area contributed by atoms with Gasteiger partial charge in [0.2, 0.25) is 11.0 Å². The zero-order valence-electron chi connectivity index (χ0n) is 15.3. The number of sulfone groups is 1. The fraction of sp³-hybridized carbons (Fsp3) is 0.105. The molecule has 30 heavy (non-hydrogen) atoms. The average Bonchev–Trinajstić information content (AvgIpc) is 3.26. The van der Waals surface area contributed by atoms with Crippen molar-refractivity contribution in [2.75, 3.05) is 11.9 Å². The number of amides is 3. The maximum atomic E-state index is 12.4. The van der Waals surface area contributed by atoms with E-state index in [0.717, 1.165) is 16.2 Å². The quantitative estimate of drug-likeness (QED) is 0.576. The van der Waals surface area contributed by atoms with E-state index in [0.29, 0.717) is 0 Å². The summed E-state index contributed by atoms with van der Waals surface area (Å²) in [5.74, 6) is -2.09. The second-order valence-electron chi connectivity index (χ2n) is 6.36. The fourth-order valence-corrected chi connectivity index (χ4v) is 5.30. The molecule has 0 fully saturated rings. The molecule has 1 N–H and O–H groups in total. The minimum atomic E-state index is -3.59. The molecule has 2 heterocycles. The molecule has 0 radical (unpaired) electrons. The van der Waals surface area contributed by atoms with E-state index in [-0.39, 0.29) is 31.9 Å². The van der Waals surface area contributed by atoms with Crippen LogP contribution in [0.5, 0.6) is 0 Å². The lowest BCUT2D eigenvalue weighted by Gasteiger charge is -2.12. The van der Waals surface area contributed by atoms with Crippen LogP contribution in [0.4, 0.5) is 5.13 Å². The SMILES string of the molecule is O=C(CN1C(=O)c2ccccc2C1=O)Nc1nnc(CS(=O)(=O)c2ccccc2)s1. The maximum absolute atomic E-state index is 12.4. The Bertz CT molecular complexity index is 1220. The molecule has 4 rings (SSSR count). The molecular formula is C19H14N4O5S2. The molecule has 2 aromatic carbocycles. The standard InChI is InChI=1S/C19H14N4O5S2/c24-15(10-23-17(25)13-8-4-5-9-14(13)18(23)26)20-19-22-21-16(29-19)11-30(27,28)12-6-2-1-3-7-12/h1-9H,10-11H2,(H,20,22,24). The normalized spacial score (nSPS) is 13.4. The Kier molecular flexibility index (Phi) is 5.14. The van der Waals surface area contributed by atoms with Crippen molar-refractivity contribution in [2.24, 2.45) is 0 Å². The summed E-state index contributed by atoms with van der Waals surface area (Å²) in [6.07, 6.45) is 0. The number of fused-ring (bicyclic) bond motifs is 1. The topological polar surface area (TPSA) is 126 Å². The number of imide groups is 1. The molecule has 11 heteroatoms. The number of carbonyl (C=O) groups excluding carboxylic acids is 3. The van der Waals surface area contributed by atoms with Gasteiger partial charge in [-0.2, -0.15) is 0 Å². The first kappa shape index (κ1) is 19.9. The molecule has 9 nitrogen and oxygen atoms in total. The second-order valence-corrected chi connectivity index (χ2v) is 9.41. The van der Waals surface area contributed by atoms with E-state index in [2.05, 4.69) is 15.5 Å². The number of anilines is 1. The minimum absolute atomic E-state index is 0.0786. The molecule has 1 aromatic heterocycles. The summed E-state index contributed by atoms with van der Waals surface area (Å²) in [6.45, 7) is -0.483. The molecule has 152 valence electrons. The van der Waals surface area contributed by atoms with Gasteiger partial charge in [-0.05, 0) is 24.3 Å². The summed E-state index contributed by atoms with van der Waals surface area (Å²) in [7, 11) is -3.59. The zero-order chi connectivity index (χ0) is 21.3. The van der Waals surface area contributed by atoms with E-state index < -0.39 is 34.1 Å². The molecule has 0 aliphatic carbocycles. The van der Waals surface area contributed by atoms with Crippen LogP contribution >= 0.6 is 11.3 Å². The van der Waals surface area contributed by atoms with Gasteiger partial charge in [-0.1, -0.05) is 41.7 Å². The maximum Gasteiger partial charge on any atom is 0.262 e. The highest BCUT2D eigenvalue weighted by atomic mass is 32.2. The lowest BCUT2D eigenvalue weighted by Crippen LogP contribution is -2.37. The van der Waals surface area contributed by atoms with Gasteiger partial charge in [-0.3, -0.25) is 24.6 Å². The monoisotopic (exact) mass is 442 g/mol. The zero-order valence-corrected chi connectivity index (χ0v) is 16.9. The smallest absolute Gasteiger partial charge is 0.262 e. The number of benzene rings is 2. The largest absolute Gasteiger partial charge is 0.299 e. The summed E-state index contributed by atoms with van der Waals surface area (Å²) < 4.78 is 24.8. The average molecular weight is 442 g/mol. The summed E-state index contributed by atoms with van der Waals surface area (Å²) in [5.41, 5.74) is 0.499. The van der Waals surface area contributed by atoms with Crippen LogP contribution in [-0.2, 0) is 20.4 Å². The van der Waals surface area contributed by atoms with E-state index in [9.17, 15) is 22.8 Å². The van der Waals surface area contributed by atoms with Gasteiger partial charge in [0.1, 0.15) is 17.3 Å². The van der Waals surface area contributed by atoms with Crippen molar-refractivity contribution < 1.29 is 22.8 Å². The van der Waals surface area contributed by atoms with Crippen LogP contribution in [0.3, 0.4) is 0 Å².